The first-order chi connectivity index (χ1) is 10.6. The van der Waals surface area contributed by atoms with Crippen LogP contribution in [0.1, 0.15) is 18.1 Å². The molecule has 22 heavy (non-hydrogen) atoms. The SMILES string of the molecule is CC1Oc2ccc(CN(C)Cc3ccccc3)cc2NC1=O. The van der Waals surface area contributed by atoms with Crippen LogP contribution in [0.5, 0.6) is 5.75 Å². The summed E-state index contributed by atoms with van der Waals surface area (Å²) in [6, 6.07) is 16.3. The summed E-state index contributed by atoms with van der Waals surface area (Å²) < 4.78 is 5.57. The van der Waals surface area contributed by atoms with Crippen molar-refractivity contribution in [1.29, 1.82) is 0 Å². The molecule has 0 radical (unpaired) electrons. The van der Waals surface area contributed by atoms with Crippen LogP contribution in [-0.2, 0) is 17.9 Å². The van der Waals surface area contributed by atoms with Gasteiger partial charge in [-0.05, 0) is 37.2 Å². The fourth-order valence-electron chi connectivity index (χ4n) is 2.62. The molecule has 2 aromatic rings. The molecule has 4 nitrogen and oxygen atoms in total. The van der Waals surface area contributed by atoms with E-state index in [9.17, 15) is 4.79 Å². The molecular weight excluding hydrogens is 276 g/mol. The molecule has 0 fully saturated rings. The number of benzene rings is 2. The van der Waals surface area contributed by atoms with Crippen LogP contribution in [0, 0.1) is 0 Å². The Morgan fingerprint density at radius 1 is 1.09 bits per heavy atom. The molecule has 1 aliphatic heterocycles. The highest BCUT2D eigenvalue weighted by Crippen LogP contribution is 2.30. The first-order valence-corrected chi connectivity index (χ1v) is 7.45. The van der Waals surface area contributed by atoms with Crippen LogP contribution in [0.4, 0.5) is 5.69 Å². The highest BCUT2D eigenvalue weighted by molar-refractivity contribution is 5.97. The molecule has 0 aromatic heterocycles. The summed E-state index contributed by atoms with van der Waals surface area (Å²) in [4.78, 5) is 13.9. The second-order valence-electron chi connectivity index (χ2n) is 5.74. The van der Waals surface area contributed by atoms with Crippen LogP contribution >= 0.6 is 0 Å². The van der Waals surface area contributed by atoms with Crippen LogP contribution in [-0.4, -0.2) is 24.0 Å². The molecule has 0 aliphatic carbocycles. The van der Waals surface area contributed by atoms with E-state index >= 15 is 0 Å². The number of carbonyl (C=O) groups excluding carboxylic acids is 1. The zero-order valence-electron chi connectivity index (χ0n) is 12.9. The van der Waals surface area contributed by atoms with Crippen molar-refractivity contribution in [3.8, 4) is 5.75 Å². The van der Waals surface area contributed by atoms with Gasteiger partial charge in [-0.15, -0.1) is 0 Å². The third kappa shape index (κ3) is 3.28. The average Bonchev–Trinajstić information content (AvgIpc) is 2.49. The van der Waals surface area contributed by atoms with E-state index in [4.69, 9.17) is 4.74 Å². The summed E-state index contributed by atoms with van der Waals surface area (Å²) in [6.07, 6.45) is -0.431. The van der Waals surface area contributed by atoms with Crippen molar-refractivity contribution in [1.82, 2.24) is 4.90 Å². The summed E-state index contributed by atoms with van der Waals surface area (Å²) in [5.41, 5.74) is 3.19. The summed E-state index contributed by atoms with van der Waals surface area (Å²) in [5.74, 6) is 0.642. The highest BCUT2D eigenvalue weighted by atomic mass is 16.5. The van der Waals surface area contributed by atoms with Gasteiger partial charge in [0.05, 0.1) is 5.69 Å². The molecule has 3 rings (SSSR count). The Morgan fingerprint density at radius 3 is 2.59 bits per heavy atom. The predicted molar refractivity (Wildman–Crippen MR) is 86.8 cm³/mol. The minimum Gasteiger partial charge on any atom is -0.479 e. The zero-order chi connectivity index (χ0) is 15.5. The van der Waals surface area contributed by atoms with Gasteiger partial charge in [0.2, 0.25) is 0 Å². The van der Waals surface area contributed by atoms with Gasteiger partial charge in [0.15, 0.2) is 6.10 Å². The Balaban J connectivity index is 1.68. The van der Waals surface area contributed by atoms with Crippen molar-refractivity contribution < 1.29 is 9.53 Å². The summed E-state index contributed by atoms with van der Waals surface area (Å²) in [7, 11) is 2.09. The van der Waals surface area contributed by atoms with E-state index in [1.165, 1.54) is 5.56 Å². The van der Waals surface area contributed by atoms with Crippen LogP contribution in [0.15, 0.2) is 48.5 Å². The van der Waals surface area contributed by atoms with E-state index in [1.807, 2.05) is 24.3 Å². The second kappa shape index (κ2) is 6.20. The number of amides is 1. The van der Waals surface area contributed by atoms with Crippen molar-refractivity contribution in [2.45, 2.75) is 26.1 Å². The molecule has 1 heterocycles. The lowest BCUT2D eigenvalue weighted by atomic mass is 10.1. The van der Waals surface area contributed by atoms with Gasteiger partial charge in [0, 0.05) is 13.1 Å². The Morgan fingerprint density at radius 2 is 1.82 bits per heavy atom. The quantitative estimate of drug-likeness (QED) is 0.943. The fourth-order valence-corrected chi connectivity index (χ4v) is 2.62. The number of nitrogens with one attached hydrogen (secondary N) is 1. The van der Waals surface area contributed by atoms with Gasteiger partial charge >= 0.3 is 0 Å². The van der Waals surface area contributed by atoms with Crippen molar-refractivity contribution in [2.75, 3.05) is 12.4 Å². The van der Waals surface area contributed by atoms with Crippen molar-refractivity contribution in [2.24, 2.45) is 0 Å². The third-order valence-corrected chi connectivity index (χ3v) is 3.72. The standard InChI is InChI=1S/C18H20N2O2/c1-13-18(21)19-16-10-15(8-9-17(16)22-13)12-20(2)11-14-6-4-3-5-7-14/h3-10,13H,11-12H2,1-2H3,(H,19,21). The van der Waals surface area contributed by atoms with Gasteiger partial charge in [-0.25, -0.2) is 0 Å². The Bertz CT molecular complexity index is 670. The van der Waals surface area contributed by atoms with Gasteiger partial charge in [0.25, 0.3) is 5.91 Å². The Kier molecular flexibility index (Phi) is 4.11. The molecule has 0 saturated heterocycles. The van der Waals surface area contributed by atoms with Crippen molar-refractivity contribution in [3.05, 3.63) is 59.7 Å². The average molecular weight is 296 g/mol. The van der Waals surface area contributed by atoms with Crippen LogP contribution in [0.3, 0.4) is 0 Å². The lowest BCUT2D eigenvalue weighted by molar-refractivity contribution is -0.122. The van der Waals surface area contributed by atoms with E-state index in [0.29, 0.717) is 0 Å². The number of ether oxygens (including phenoxy) is 1. The topological polar surface area (TPSA) is 41.6 Å². The lowest BCUT2D eigenvalue weighted by Gasteiger charge is -2.24. The molecule has 0 spiro atoms. The smallest absolute Gasteiger partial charge is 0.265 e. The monoisotopic (exact) mass is 296 g/mol. The maximum absolute atomic E-state index is 11.7. The number of fused-ring (bicyclic) bond motifs is 1. The van der Waals surface area contributed by atoms with E-state index < -0.39 is 6.10 Å². The molecule has 0 saturated carbocycles. The summed E-state index contributed by atoms with van der Waals surface area (Å²) in [6.45, 7) is 3.45. The third-order valence-electron chi connectivity index (χ3n) is 3.72. The number of hydrogen-bond donors (Lipinski definition) is 1. The van der Waals surface area contributed by atoms with Crippen LogP contribution in [0.25, 0.3) is 0 Å². The number of anilines is 1. The van der Waals surface area contributed by atoms with Gasteiger partial charge in [-0.3, -0.25) is 9.69 Å². The molecule has 2 aromatic carbocycles. The van der Waals surface area contributed by atoms with E-state index in [-0.39, 0.29) is 5.91 Å². The van der Waals surface area contributed by atoms with Crippen molar-refractivity contribution >= 4 is 11.6 Å². The van der Waals surface area contributed by atoms with E-state index in [2.05, 4.69) is 41.5 Å². The number of carbonyl (C=O) groups is 1. The maximum atomic E-state index is 11.7. The lowest BCUT2D eigenvalue weighted by Crippen LogP contribution is -2.34. The minimum absolute atomic E-state index is 0.0951. The molecular formula is C18H20N2O2. The first kappa shape index (κ1) is 14.6. The number of hydrogen-bond acceptors (Lipinski definition) is 3. The summed E-state index contributed by atoms with van der Waals surface area (Å²) in [5, 5.41) is 2.89. The van der Waals surface area contributed by atoms with E-state index in [0.717, 1.165) is 30.1 Å². The molecule has 1 unspecified atom stereocenters. The number of nitrogens with zero attached hydrogens (tertiary/aromatic N) is 1. The molecule has 1 aliphatic rings. The Hall–Kier alpha value is -2.33. The molecule has 4 heteroatoms. The Labute approximate surface area is 130 Å². The molecule has 1 atom stereocenters. The second-order valence-corrected chi connectivity index (χ2v) is 5.74. The fraction of sp³-hybridized carbons (Fsp3) is 0.278. The maximum Gasteiger partial charge on any atom is 0.265 e. The zero-order valence-corrected chi connectivity index (χ0v) is 12.9. The predicted octanol–water partition coefficient (Wildman–Crippen LogP) is 3.04. The van der Waals surface area contributed by atoms with Gasteiger partial charge in [-0.1, -0.05) is 36.4 Å². The van der Waals surface area contributed by atoms with Gasteiger partial charge < -0.3 is 10.1 Å². The highest BCUT2D eigenvalue weighted by Gasteiger charge is 2.23. The largest absolute Gasteiger partial charge is 0.479 e. The molecule has 114 valence electrons. The van der Waals surface area contributed by atoms with Crippen LogP contribution < -0.4 is 10.1 Å². The van der Waals surface area contributed by atoms with Crippen LogP contribution in [0.2, 0.25) is 0 Å². The number of rotatable bonds is 4. The van der Waals surface area contributed by atoms with Gasteiger partial charge in [-0.2, -0.15) is 0 Å². The summed E-state index contributed by atoms with van der Waals surface area (Å²) >= 11 is 0. The molecule has 0 bridgehead atoms. The normalized spacial score (nSPS) is 16.9. The minimum atomic E-state index is -0.431. The first-order valence-electron chi connectivity index (χ1n) is 7.45. The molecule has 1 N–H and O–H groups in total. The van der Waals surface area contributed by atoms with E-state index in [1.54, 1.807) is 6.92 Å². The molecule has 1 amide bonds. The van der Waals surface area contributed by atoms with Gasteiger partial charge in [0.1, 0.15) is 5.75 Å². The van der Waals surface area contributed by atoms with Crippen molar-refractivity contribution in [3.63, 3.8) is 0 Å².